The van der Waals surface area contributed by atoms with Crippen molar-refractivity contribution in [3.63, 3.8) is 0 Å². The lowest BCUT2D eigenvalue weighted by atomic mass is 10.1. The molecule has 0 amide bonds. The number of fused-ring (bicyclic) bond motifs is 1. The number of aliphatic carboxylic acids is 1. The summed E-state index contributed by atoms with van der Waals surface area (Å²) in [5.41, 5.74) is 3.68. The van der Waals surface area contributed by atoms with Gasteiger partial charge in [0, 0.05) is 28.3 Å². The molecule has 25 heavy (non-hydrogen) atoms. The van der Waals surface area contributed by atoms with E-state index in [1.807, 2.05) is 42.5 Å². The molecule has 1 N–H and O–H groups in total. The quantitative estimate of drug-likeness (QED) is 0.645. The van der Waals surface area contributed by atoms with Gasteiger partial charge in [0.1, 0.15) is 0 Å². The molecule has 0 saturated heterocycles. The Bertz CT molecular complexity index is 909. The van der Waals surface area contributed by atoms with Crippen LogP contribution in [0.4, 0.5) is 0 Å². The second kappa shape index (κ2) is 7.66. The minimum Gasteiger partial charge on any atom is -0.481 e. The van der Waals surface area contributed by atoms with Crippen LogP contribution in [0.5, 0.6) is 0 Å². The van der Waals surface area contributed by atoms with E-state index in [1.165, 1.54) is 0 Å². The van der Waals surface area contributed by atoms with Gasteiger partial charge in [-0.15, -0.1) is 11.8 Å². The molecule has 128 valence electrons. The van der Waals surface area contributed by atoms with E-state index < -0.39 is 5.97 Å². The molecule has 0 atom stereocenters. The standard InChI is InChI=1S/C20H20N2O2S/c1-13(2)25-19-5-3-4-17(22-19)15-7-10-18-14(12-15)6-8-16(21-18)9-11-20(23)24/h3-8,10,12-13H,9,11H2,1-2H3,(H,23,24). The van der Waals surface area contributed by atoms with Gasteiger partial charge in [0.15, 0.2) is 0 Å². The van der Waals surface area contributed by atoms with Gasteiger partial charge in [-0.2, -0.15) is 0 Å². The first kappa shape index (κ1) is 17.4. The summed E-state index contributed by atoms with van der Waals surface area (Å²) < 4.78 is 0. The molecule has 0 unspecified atom stereocenters. The largest absolute Gasteiger partial charge is 0.481 e. The van der Waals surface area contributed by atoms with Crippen molar-refractivity contribution in [3.8, 4) is 11.3 Å². The van der Waals surface area contributed by atoms with Crippen LogP contribution in [0.15, 0.2) is 53.6 Å². The fourth-order valence-electron chi connectivity index (χ4n) is 2.58. The summed E-state index contributed by atoms with van der Waals surface area (Å²) in [4.78, 5) is 20.0. The number of carboxylic acids is 1. The lowest BCUT2D eigenvalue weighted by Gasteiger charge is -2.08. The average Bonchev–Trinajstić information content (AvgIpc) is 2.59. The van der Waals surface area contributed by atoms with Crippen molar-refractivity contribution in [2.75, 3.05) is 0 Å². The molecule has 5 heteroatoms. The maximum Gasteiger partial charge on any atom is 0.303 e. The van der Waals surface area contributed by atoms with E-state index in [-0.39, 0.29) is 6.42 Å². The van der Waals surface area contributed by atoms with Crippen LogP contribution in [0.2, 0.25) is 0 Å². The Morgan fingerprint density at radius 3 is 2.72 bits per heavy atom. The number of carboxylic acid groups (broad SMARTS) is 1. The molecule has 3 aromatic rings. The predicted molar refractivity (Wildman–Crippen MR) is 102 cm³/mol. The van der Waals surface area contributed by atoms with E-state index in [9.17, 15) is 4.79 Å². The van der Waals surface area contributed by atoms with Crippen LogP contribution in [-0.2, 0) is 11.2 Å². The number of pyridine rings is 2. The number of thioether (sulfide) groups is 1. The Morgan fingerprint density at radius 2 is 1.96 bits per heavy atom. The Hall–Kier alpha value is -2.40. The number of aryl methyl sites for hydroxylation is 1. The second-order valence-corrected chi connectivity index (χ2v) is 7.73. The van der Waals surface area contributed by atoms with E-state index in [0.29, 0.717) is 11.7 Å². The molecular formula is C20H20N2O2S. The van der Waals surface area contributed by atoms with Gasteiger partial charge in [-0.05, 0) is 30.3 Å². The van der Waals surface area contributed by atoms with Crippen molar-refractivity contribution in [3.05, 3.63) is 54.2 Å². The summed E-state index contributed by atoms with van der Waals surface area (Å²) in [6, 6.07) is 16.0. The Labute approximate surface area is 151 Å². The number of hydrogen-bond acceptors (Lipinski definition) is 4. The second-order valence-electron chi connectivity index (χ2n) is 6.13. The molecule has 0 radical (unpaired) electrons. The number of hydrogen-bond donors (Lipinski definition) is 1. The van der Waals surface area contributed by atoms with Crippen LogP contribution >= 0.6 is 11.8 Å². The van der Waals surface area contributed by atoms with Crippen LogP contribution in [0.1, 0.15) is 26.0 Å². The highest BCUT2D eigenvalue weighted by molar-refractivity contribution is 7.99. The zero-order valence-corrected chi connectivity index (χ0v) is 15.1. The monoisotopic (exact) mass is 352 g/mol. The summed E-state index contributed by atoms with van der Waals surface area (Å²) in [6.45, 7) is 4.31. The van der Waals surface area contributed by atoms with Gasteiger partial charge < -0.3 is 5.11 Å². The highest BCUT2D eigenvalue weighted by Crippen LogP contribution is 2.26. The molecule has 1 aromatic carbocycles. The van der Waals surface area contributed by atoms with Crippen LogP contribution < -0.4 is 0 Å². The fraction of sp³-hybridized carbons (Fsp3) is 0.250. The summed E-state index contributed by atoms with van der Waals surface area (Å²) in [6.07, 6.45) is 0.546. The summed E-state index contributed by atoms with van der Waals surface area (Å²) in [5, 5.41) is 11.3. The van der Waals surface area contributed by atoms with Crippen LogP contribution in [-0.4, -0.2) is 26.3 Å². The van der Waals surface area contributed by atoms with Gasteiger partial charge in [-0.1, -0.05) is 32.0 Å². The van der Waals surface area contributed by atoms with E-state index in [4.69, 9.17) is 10.1 Å². The highest BCUT2D eigenvalue weighted by Gasteiger charge is 2.06. The van der Waals surface area contributed by atoms with E-state index >= 15 is 0 Å². The van der Waals surface area contributed by atoms with Crippen molar-refractivity contribution >= 4 is 28.6 Å². The molecule has 0 aliphatic heterocycles. The van der Waals surface area contributed by atoms with E-state index in [0.717, 1.165) is 32.9 Å². The van der Waals surface area contributed by atoms with Crippen molar-refractivity contribution in [1.82, 2.24) is 9.97 Å². The zero-order valence-electron chi connectivity index (χ0n) is 14.3. The first-order valence-corrected chi connectivity index (χ1v) is 9.15. The van der Waals surface area contributed by atoms with Crippen LogP contribution in [0.25, 0.3) is 22.2 Å². The number of nitrogens with zero attached hydrogens (tertiary/aromatic N) is 2. The highest BCUT2D eigenvalue weighted by atomic mass is 32.2. The van der Waals surface area contributed by atoms with Crippen molar-refractivity contribution in [1.29, 1.82) is 0 Å². The van der Waals surface area contributed by atoms with Crippen molar-refractivity contribution in [2.45, 2.75) is 37.0 Å². The summed E-state index contributed by atoms with van der Waals surface area (Å²) in [5.74, 6) is -0.803. The molecule has 3 rings (SSSR count). The third-order valence-electron chi connectivity index (χ3n) is 3.72. The zero-order chi connectivity index (χ0) is 17.8. The number of carbonyl (C=O) groups is 1. The molecular weight excluding hydrogens is 332 g/mol. The van der Waals surface area contributed by atoms with Gasteiger partial charge in [0.25, 0.3) is 0 Å². The number of aromatic nitrogens is 2. The molecule has 0 spiro atoms. The first-order valence-electron chi connectivity index (χ1n) is 8.27. The fourth-order valence-corrected chi connectivity index (χ4v) is 3.38. The Morgan fingerprint density at radius 1 is 1.12 bits per heavy atom. The minimum atomic E-state index is -0.803. The molecule has 2 aromatic heterocycles. The molecule has 0 bridgehead atoms. The van der Waals surface area contributed by atoms with Crippen molar-refractivity contribution in [2.24, 2.45) is 0 Å². The maximum atomic E-state index is 10.7. The lowest BCUT2D eigenvalue weighted by molar-refractivity contribution is -0.136. The maximum absolute atomic E-state index is 10.7. The third kappa shape index (κ3) is 4.57. The molecule has 0 fully saturated rings. The van der Waals surface area contributed by atoms with E-state index in [1.54, 1.807) is 11.8 Å². The average molecular weight is 352 g/mol. The lowest BCUT2D eigenvalue weighted by Crippen LogP contribution is -1.99. The van der Waals surface area contributed by atoms with E-state index in [2.05, 4.69) is 24.9 Å². The van der Waals surface area contributed by atoms with Crippen LogP contribution in [0.3, 0.4) is 0 Å². The smallest absolute Gasteiger partial charge is 0.303 e. The molecule has 0 aliphatic carbocycles. The van der Waals surface area contributed by atoms with Gasteiger partial charge in [0.05, 0.1) is 22.7 Å². The van der Waals surface area contributed by atoms with Crippen molar-refractivity contribution < 1.29 is 9.90 Å². The summed E-state index contributed by atoms with van der Waals surface area (Å²) >= 11 is 1.75. The molecule has 0 saturated carbocycles. The molecule has 2 heterocycles. The van der Waals surface area contributed by atoms with Crippen LogP contribution in [0, 0.1) is 0 Å². The van der Waals surface area contributed by atoms with Gasteiger partial charge in [0.2, 0.25) is 0 Å². The molecule has 0 aliphatic rings. The summed E-state index contributed by atoms with van der Waals surface area (Å²) in [7, 11) is 0. The minimum absolute atomic E-state index is 0.0980. The molecule has 4 nitrogen and oxygen atoms in total. The number of benzene rings is 1. The Kier molecular flexibility index (Phi) is 5.34. The topological polar surface area (TPSA) is 63.1 Å². The third-order valence-corrected chi connectivity index (χ3v) is 4.66. The normalized spacial score (nSPS) is 11.2. The number of rotatable bonds is 6. The van der Waals surface area contributed by atoms with Gasteiger partial charge >= 0.3 is 5.97 Å². The van der Waals surface area contributed by atoms with Gasteiger partial charge in [-0.3, -0.25) is 9.78 Å². The predicted octanol–water partition coefficient (Wildman–Crippen LogP) is 4.81. The Balaban J connectivity index is 1.88. The van der Waals surface area contributed by atoms with Gasteiger partial charge in [-0.25, -0.2) is 4.98 Å². The first-order chi connectivity index (χ1) is 12.0. The SMILES string of the molecule is CC(C)Sc1cccc(-c2ccc3nc(CCC(=O)O)ccc3c2)n1.